The molecule has 5 heteroatoms. The van der Waals surface area contributed by atoms with Gasteiger partial charge in [0.1, 0.15) is 12.3 Å². The number of nitrogens with zero attached hydrogens (tertiary/aromatic N) is 1. The molecule has 0 bridgehead atoms. The number of ether oxygens (including phenoxy) is 2. The van der Waals surface area contributed by atoms with Crippen molar-refractivity contribution in [1.82, 2.24) is 4.90 Å². The lowest BCUT2D eigenvalue weighted by molar-refractivity contribution is -0.148. The number of hydrogen-bond donors (Lipinski definition) is 0. The lowest BCUT2D eigenvalue weighted by Gasteiger charge is -2.25. The highest BCUT2D eigenvalue weighted by molar-refractivity contribution is 5.82. The first-order valence-corrected chi connectivity index (χ1v) is 6.97. The summed E-state index contributed by atoms with van der Waals surface area (Å²) in [6.07, 6.45) is 0.906. The molecule has 0 heterocycles. The lowest BCUT2D eigenvalue weighted by atomic mass is 10.1. The van der Waals surface area contributed by atoms with Gasteiger partial charge in [-0.2, -0.15) is 0 Å². The van der Waals surface area contributed by atoms with Crippen molar-refractivity contribution in [2.24, 2.45) is 0 Å². The SMILES string of the molecule is COC(=O)CN(C(=O)CCc1ccccc1OC)C(C)C. The second-order valence-corrected chi connectivity index (χ2v) is 5.00. The Bertz CT molecular complexity index is 485. The van der Waals surface area contributed by atoms with Gasteiger partial charge < -0.3 is 14.4 Å². The van der Waals surface area contributed by atoms with E-state index in [0.29, 0.717) is 12.8 Å². The molecule has 0 aliphatic rings. The molecule has 5 nitrogen and oxygen atoms in total. The molecule has 0 aliphatic heterocycles. The maximum atomic E-state index is 12.3. The molecule has 0 unspecified atom stereocenters. The van der Waals surface area contributed by atoms with E-state index < -0.39 is 5.97 Å². The smallest absolute Gasteiger partial charge is 0.325 e. The Kier molecular flexibility index (Phi) is 6.72. The predicted molar refractivity (Wildman–Crippen MR) is 80.2 cm³/mol. The molecule has 21 heavy (non-hydrogen) atoms. The molecule has 0 saturated carbocycles. The summed E-state index contributed by atoms with van der Waals surface area (Å²) in [6.45, 7) is 3.74. The number of carbonyl (C=O) groups is 2. The summed E-state index contributed by atoms with van der Waals surface area (Å²) in [5.74, 6) is 0.296. The molecule has 0 spiro atoms. The van der Waals surface area contributed by atoms with Crippen molar-refractivity contribution < 1.29 is 19.1 Å². The van der Waals surface area contributed by atoms with Crippen LogP contribution in [0.5, 0.6) is 5.75 Å². The van der Waals surface area contributed by atoms with Crippen LogP contribution in [0.1, 0.15) is 25.8 Å². The van der Waals surface area contributed by atoms with Gasteiger partial charge in [-0.3, -0.25) is 9.59 Å². The van der Waals surface area contributed by atoms with Crippen molar-refractivity contribution in [2.75, 3.05) is 20.8 Å². The number of amides is 1. The van der Waals surface area contributed by atoms with Crippen LogP contribution in [-0.4, -0.2) is 43.6 Å². The fourth-order valence-electron chi connectivity index (χ4n) is 2.06. The summed E-state index contributed by atoms with van der Waals surface area (Å²) >= 11 is 0. The average molecular weight is 293 g/mol. The van der Waals surface area contributed by atoms with Crippen LogP contribution in [0.2, 0.25) is 0 Å². The second kappa shape index (κ2) is 8.29. The van der Waals surface area contributed by atoms with Crippen LogP contribution >= 0.6 is 0 Å². The number of carbonyl (C=O) groups excluding carboxylic acids is 2. The molecule has 116 valence electrons. The van der Waals surface area contributed by atoms with E-state index in [4.69, 9.17) is 4.74 Å². The summed E-state index contributed by atoms with van der Waals surface area (Å²) in [6, 6.07) is 7.56. The molecule has 1 amide bonds. The van der Waals surface area contributed by atoms with E-state index >= 15 is 0 Å². The van der Waals surface area contributed by atoms with Crippen LogP contribution in [0.4, 0.5) is 0 Å². The van der Waals surface area contributed by atoms with E-state index in [0.717, 1.165) is 11.3 Å². The molecule has 0 aromatic heterocycles. The zero-order chi connectivity index (χ0) is 15.8. The first kappa shape index (κ1) is 17.0. The Morgan fingerprint density at radius 3 is 2.43 bits per heavy atom. The van der Waals surface area contributed by atoms with Gasteiger partial charge >= 0.3 is 5.97 Å². The fourth-order valence-corrected chi connectivity index (χ4v) is 2.06. The highest BCUT2D eigenvalue weighted by Crippen LogP contribution is 2.19. The fraction of sp³-hybridized carbons (Fsp3) is 0.500. The Morgan fingerprint density at radius 1 is 1.19 bits per heavy atom. The van der Waals surface area contributed by atoms with Crippen molar-refractivity contribution in [1.29, 1.82) is 0 Å². The molecule has 0 atom stereocenters. The molecule has 0 aliphatic carbocycles. The molecule has 0 N–H and O–H groups in total. The minimum Gasteiger partial charge on any atom is -0.496 e. The van der Waals surface area contributed by atoms with Crippen LogP contribution in [-0.2, 0) is 20.7 Å². The van der Waals surface area contributed by atoms with Gasteiger partial charge in [0.2, 0.25) is 5.91 Å². The van der Waals surface area contributed by atoms with Crippen molar-refractivity contribution in [2.45, 2.75) is 32.7 Å². The van der Waals surface area contributed by atoms with Gasteiger partial charge in [0.05, 0.1) is 14.2 Å². The Labute approximate surface area is 125 Å². The number of para-hydroxylation sites is 1. The Balaban J connectivity index is 2.67. The van der Waals surface area contributed by atoms with Crippen LogP contribution < -0.4 is 4.74 Å². The van der Waals surface area contributed by atoms with Gasteiger partial charge in [0.25, 0.3) is 0 Å². The molecule has 1 aromatic rings. The van der Waals surface area contributed by atoms with E-state index in [1.165, 1.54) is 12.0 Å². The number of esters is 1. The van der Waals surface area contributed by atoms with Crippen molar-refractivity contribution in [3.8, 4) is 5.75 Å². The quantitative estimate of drug-likeness (QED) is 0.722. The van der Waals surface area contributed by atoms with Crippen LogP contribution in [0.25, 0.3) is 0 Å². The third-order valence-corrected chi connectivity index (χ3v) is 3.27. The highest BCUT2D eigenvalue weighted by atomic mass is 16.5. The largest absolute Gasteiger partial charge is 0.496 e. The molecule has 1 rings (SSSR count). The zero-order valence-electron chi connectivity index (χ0n) is 13.1. The zero-order valence-corrected chi connectivity index (χ0v) is 13.1. The monoisotopic (exact) mass is 293 g/mol. The Hall–Kier alpha value is -2.04. The van der Waals surface area contributed by atoms with E-state index in [1.54, 1.807) is 7.11 Å². The minimum atomic E-state index is -0.408. The third kappa shape index (κ3) is 5.10. The minimum absolute atomic E-state index is 0.0150. The van der Waals surface area contributed by atoms with Crippen molar-refractivity contribution in [3.63, 3.8) is 0 Å². The first-order valence-electron chi connectivity index (χ1n) is 6.97. The van der Waals surface area contributed by atoms with Gasteiger partial charge in [0.15, 0.2) is 0 Å². The average Bonchev–Trinajstić information content (AvgIpc) is 2.49. The topological polar surface area (TPSA) is 55.8 Å². The van der Waals surface area contributed by atoms with Gasteiger partial charge in [-0.15, -0.1) is 0 Å². The normalized spacial score (nSPS) is 10.3. The Morgan fingerprint density at radius 2 is 1.86 bits per heavy atom. The lowest BCUT2D eigenvalue weighted by Crippen LogP contribution is -2.41. The predicted octanol–water partition coefficient (Wildman–Crippen LogP) is 2.04. The summed E-state index contributed by atoms with van der Waals surface area (Å²) in [5.41, 5.74) is 0.982. The maximum Gasteiger partial charge on any atom is 0.325 e. The van der Waals surface area contributed by atoms with Gasteiger partial charge in [0, 0.05) is 12.5 Å². The number of methoxy groups -OCH3 is 2. The van der Waals surface area contributed by atoms with E-state index in [2.05, 4.69) is 4.74 Å². The van der Waals surface area contributed by atoms with Crippen LogP contribution in [0, 0.1) is 0 Å². The van der Waals surface area contributed by atoms with Gasteiger partial charge in [-0.25, -0.2) is 0 Å². The van der Waals surface area contributed by atoms with Crippen molar-refractivity contribution >= 4 is 11.9 Å². The van der Waals surface area contributed by atoms with Crippen molar-refractivity contribution in [3.05, 3.63) is 29.8 Å². The van der Waals surface area contributed by atoms with E-state index in [9.17, 15) is 9.59 Å². The molecular weight excluding hydrogens is 270 g/mol. The summed E-state index contributed by atoms with van der Waals surface area (Å²) in [5, 5.41) is 0. The third-order valence-electron chi connectivity index (χ3n) is 3.27. The van der Waals surface area contributed by atoms with Crippen LogP contribution in [0.3, 0.4) is 0 Å². The highest BCUT2D eigenvalue weighted by Gasteiger charge is 2.20. The standard InChI is InChI=1S/C16H23NO4/c1-12(2)17(11-16(19)21-4)15(18)10-9-13-7-5-6-8-14(13)20-3/h5-8,12H,9-11H2,1-4H3. The number of aryl methyl sites for hydroxylation is 1. The molecule has 0 saturated heterocycles. The summed E-state index contributed by atoms with van der Waals surface area (Å²) < 4.78 is 9.90. The summed E-state index contributed by atoms with van der Waals surface area (Å²) in [7, 11) is 2.93. The maximum absolute atomic E-state index is 12.3. The van der Waals surface area contributed by atoms with Crippen LogP contribution in [0.15, 0.2) is 24.3 Å². The molecule has 1 aromatic carbocycles. The number of rotatable bonds is 7. The number of hydrogen-bond acceptors (Lipinski definition) is 4. The first-order chi connectivity index (χ1) is 9.99. The van der Waals surface area contributed by atoms with E-state index in [-0.39, 0.29) is 18.5 Å². The number of benzene rings is 1. The van der Waals surface area contributed by atoms with Gasteiger partial charge in [-0.05, 0) is 31.9 Å². The molecule has 0 radical (unpaired) electrons. The second-order valence-electron chi connectivity index (χ2n) is 5.00. The van der Waals surface area contributed by atoms with E-state index in [1.807, 2.05) is 38.1 Å². The van der Waals surface area contributed by atoms with Gasteiger partial charge in [-0.1, -0.05) is 18.2 Å². The summed E-state index contributed by atoms with van der Waals surface area (Å²) in [4.78, 5) is 25.2. The molecular formula is C16H23NO4. The molecule has 0 fully saturated rings.